The minimum atomic E-state index is -0.629. The first-order valence-corrected chi connectivity index (χ1v) is 15.4. The Morgan fingerprint density at radius 1 is 0.689 bits per heavy atom. The van der Waals surface area contributed by atoms with Crippen LogP contribution in [0.1, 0.15) is 57.0 Å². The van der Waals surface area contributed by atoms with E-state index >= 15 is 0 Å². The maximum atomic E-state index is 12.9. The van der Waals surface area contributed by atoms with Crippen molar-refractivity contribution in [2.75, 3.05) is 11.9 Å². The Balaban J connectivity index is 1.25. The highest BCUT2D eigenvalue weighted by atomic mass is 16.7. The molecule has 1 heterocycles. The molecule has 5 aromatic rings. The van der Waals surface area contributed by atoms with E-state index in [1.807, 2.05) is 78.9 Å². The fourth-order valence-corrected chi connectivity index (χ4v) is 5.75. The zero-order valence-corrected chi connectivity index (χ0v) is 25.2. The number of carbonyl (C=O) groups excluding carboxylic acids is 1. The lowest BCUT2D eigenvalue weighted by molar-refractivity contribution is -0.253. The van der Waals surface area contributed by atoms with Gasteiger partial charge < -0.3 is 19.9 Å². The van der Waals surface area contributed by atoms with Gasteiger partial charge in [0.2, 0.25) is 0 Å². The van der Waals surface area contributed by atoms with Gasteiger partial charge >= 0.3 is 0 Å². The van der Waals surface area contributed by atoms with Gasteiger partial charge in [0.1, 0.15) is 0 Å². The van der Waals surface area contributed by atoms with Crippen LogP contribution in [0.2, 0.25) is 0 Å². The quantitative estimate of drug-likeness (QED) is 0.163. The smallest absolute Gasteiger partial charge is 0.255 e. The number of rotatable bonds is 11. The Hall–Kier alpha value is -4.59. The molecule has 6 heteroatoms. The third-order valence-corrected chi connectivity index (χ3v) is 8.03. The summed E-state index contributed by atoms with van der Waals surface area (Å²) < 4.78 is 13.3. The van der Waals surface area contributed by atoms with Crippen LogP contribution >= 0.6 is 0 Å². The molecule has 0 bridgehead atoms. The standard InChI is InChI=1S/C39H38N2O4/c42-28-31-19-21-32(22-20-31)37-24-36(27-41(25-29-11-4-1-5-12-29)26-30-13-6-2-7-14-30)44-39(45-37)34-17-10-18-35(23-34)40-38(43)33-15-8-3-9-16-33/h1-23,36-37,39,42H,24-28H2,(H,40,43)/t36-,37+,39+/m0/s1. The Labute approximate surface area is 264 Å². The monoisotopic (exact) mass is 598 g/mol. The highest BCUT2D eigenvalue weighted by Crippen LogP contribution is 2.39. The normalized spacial score (nSPS) is 18.0. The number of amides is 1. The van der Waals surface area contributed by atoms with Crippen LogP contribution in [0.4, 0.5) is 5.69 Å². The summed E-state index contributed by atoms with van der Waals surface area (Å²) in [4.78, 5) is 15.3. The van der Waals surface area contributed by atoms with Crippen molar-refractivity contribution >= 4 is 11.6 Å². The number of benzene rings is 5. The third kappa shape index (κ3) is 8.32. The van der Waals surface area contributed by atoms with E-state index in [2.05, 4.69) is 58.7 Å². The molecule has 6 nitrogen and oxygen atoms in total. The maximum absolute atomic E-state index is 12.9. The molecule has 5 aromatic carbocycles. The van der Waals surface area contributed by atoms with Crippen molar-refractivity contribution in [3.8, 4) is 0 Å². The predicted molar refractivity (Wildman–Crippen MR) is 176 cm³/mol. The minimum Gasteiger partial charge on any atom is -0.392 e. The zero-order chi connectivity index (χ0) is 30.8. The molecular weight excluding hydrogens is 560 g/mol. The van der Waals surface area contributed by atoms with E-state index in [0.29, 0.717) is 24.2 Å². The number of aliphatic hydroxyl groups excluding tert-OH is 1. The van der Waals surface area contributed by atoms with Crippen LogP contribution in [0, 0.1) is 0 Å². The van der Waals surface area contributed by atoms with Gasteiger partial charge in [0.25, 0.3) is 5.91 Å². The molecule has 0 radical (unpaired) electrons. The number of anilines is 1. The van der Waals surface area contributed by atoms with Crippen molar-refractivity contribution in [1.29, 1.82) is 0 Å². The Bertz CT molecular complexity index is 1600. The maximum Gasteiger partial charge on any atom is 0.255 e. The zero-order valence-electron chi connectivity index (χ0n) is 25.2. The molecule has 1 aliphatic heterocycles. The molecule has 0 spiro atoms. The highest BCUT2D eigenvalue weighted by Gasteiger charge is 2.33. The predicted octanol–water partition coefficient (Wildman–Crippen LogP) is 7.68. The molecule has 0 aromatic heterocycles. The van der Waals surface area contributed by atoms with E-state index in [-0.39, 0.29) is 24.7 Å². The first-order valence-electron chi connectivity index (χ1n) is 15.4. The lowest BCUT2D eigenvalue weighted by Crippen LogP contribution is -2.39. The van der Waals surface area contributed by atoms with Gasteiger partial charge in [-0.3, -0.25) is 9.69 Å². The molecule has 0 aliphatic carbocycles. The Morgan fingerprint density at radius 3 is 1.93 bits per heavy atom. The lowest BCUT2D eigenvalue weighted by atomic mass is 9.99. The van der Waals surface area contributed by atoms with Crippen LogP contribution in [-0.2, 0) is 29.2 Å². The van der Waals surface area contributed by atoms with Crippen LogP contribution in [0.25, 0.3) is 0 Å². The van der Waals surface area contributed by atoms with Gasteiger partial charge in [-0.15, -0.1) is 0 Å². The van der Waals surface area contributed by atoms with Crippen molar-refractivity contribution in [2.24, 2.45) is 0 Å². The van der Waals surface area contributed by atoms with E-state index in [1.165, 1.54) is 11.1 Å². The van der Waals surface area contributed by atoms with Crippen LogP contribution in [0.15, 0.2) is 140 Å². The largest absolute Gasteiger partial charge is 0.392 e. The molecular formula is C39H38N2O4. The van der Waals surface area contributed by atoms with Gasteiger partial charge in [-0.2, -0.15) is 0 Å². The first kappa shape index (κ1) is 30.4. The second-order valence-corrected chi connectivity index (χ2v) is 11.4. The lowest BCUT2D eigenvalue weighted by Gasteiger charge is -2.38. The molecule has 3 atom stereocenters. The number of hydrogen-bond donors (Lipinski definition) is 2. The van der Waals surface area contributed by atoms with E-state index < -0.39 is 6.29 Å². The van der Waals surface area contributed by atoms with Crippen molar-refractivity contribution in [2.45, 2.75) is 44.6 Å². The molecule has 0 saturated carbocycles. The van der Waals surface area contributed by atoms with Crippen LogP contribution in [0.5, 0.6) is 0 Å². The third-order valence-electron chi connectivity index (χ3n) is 8.03. The van der Waals surface area contributed by atoms with Gasteiger partial charge in [-0.1, -0.05) is 115 Å². The van der Waals surface area contributed by atoms with E-state index in [1.54, 1.807) is 12.1 Å². The summed E-state index contributed by atoms with van der Waals surface area (Å²) in [7, 11) is 0. The molecule has 228 valence electrons. The average Bonchev–Trinajstić information content (AvgIpc) is 3.09. The van der Waals surface area contributed by atoms with Gasteiger partial charge in [-0.25, -0.2) is 0 Å². The molecule has 6 rings (SSSR count). The molecule has 0 unspecified atom stereocenters. The second kappa shape index (κ2) is 14.9. The van der Waals surface area contributed by atoms with E-state index in [4.69, 9.17) is 9.47 Å². The van der Waals surface area contributed by atoms with Crippen LogP contribution in [-0.4, -0.2) is 28.6 Å². The second-order valence-electron chi connectivity index (χ2n) is 11.4. The van der Waals surface area contributed by atoms with Crippen molar-refractivity contribution in [3.05, 3.63) is 173 Å². The molecule has 1 saturated heterocycles. The van der Waals surface area contributed by atoms with Gasteiger partial charge in [0.15, 0.2) is 6.29 Å². The number of nitrogens with one attached hydrogen (secondary N) is 1. The summed E-state index contributed by atoms with van der Waals surface area (Å²) in [6, 6.07) is 45.8. The number of hydrogen-bond acceptors (Lipinski definition) is 5. The van der Waals surface area contributed by atoms with Crippen molar-refractivity contribution in [3.63, 3.8) is 0 Å². The summed E-state index contributed by atoms with van der Waals surface area (Å²) in [5.41, 5.74) is 6.49. The average molecular weight is 599 g/mol. The van der Waals surface area contributed by atoms with Crippen LogP contribution in [0.3, 0.4) is 0 Å². The molecule has 1 amide bonds. The summed E-state index contributed by atoms with van der Waals surface area (Å²) in [5.74, 6) is -0.171. The summed E-state index contributed by atoms with van der Waals surface area (Å²) in [6.45, 7) is 2.28. The SMILES string of the molecule is O=C(Nc1cccc([C@@H]2O[C@H](CN(Cc3ccccc3)Cc3ccccc3)C[C@H](c3ccc(CO)cc3)O2)c1)c1ccccc1. The van der Waals surface area contributed by atoms with Crippen molar-refractivity contribution < 1.29 is 19.4 Å². The van der Waals surface area contributed by atoms with Gasteiger partial charge in [0.05, 0.1) is 18.8 Å². The number of nitrogens with zero attached hydrogens (tertiary/aromatic N) is 1. The molecule has 45 heavy (non-hydrogen) atoms. The summed E-state index contributed by atoms with van der Waals surface area (Å²) >= 11 is 0. The Morgan fingerprint density at radius 2 is 1.31 bits per heavy atom. The highest BCUT2D eigenvalue weighted by molar-refractivity contribution is 6.04. The fourth-order valence-electron chi connectivity index (χ4n) is 5.75. The first-order chi connectivity index (χ1) is 22.1. The number of carbonyl (C=O) groups is 1. The van der Waals surface area contributed by atoms with Crippen LogP contribution < -0.4 is 5.32 Å². The number of aliphatic hydroxyl groups is 1. The Kier molecular flexibility index (Phi) is 10.1. The fraction of sp³-hybridized carbons (Fsp3) is 0.205. The molecule has 1 aliphatic rings. The van der Waals surface area contributed by atoms with E-state index in [0.717, 1.165) is 29.8 Å². The van der Waals surface area contributed by atoms with Gasteiger partial charge in [0, 0.05) is 42.9 Å². The van der Waals surface area contributed by atoms with Gasteiger partial charge in [-0.05, 0) is 46.5 Å². The van der Waals surface area contributed by atoms with Crippen molar-refractivity contribution in [1.82, 2.24) is 4.90 Å². The summed E-state index contributed by atoms with van der Waals surface area (Å²) in [5, 5.41) is 12.6. The molecule has 2 N–H and O–H groups in total. The number of ether oxygens (including phenoxy) is 2. The molecule has 1 fully saturated rings. The van der Waals surface area contributed by atoms with E-state index in [9.17, 15) is 9.90 Å². The summed E-state index contributed by atoms with van der Waals surface area (Å²) in [6.07, 6.45) is -0.282. The topological polar surface area (TPSA) is 71.0 Å². The minimum absolute atomic E-state index is 0.00437.